The number of fused-ring (bicyclic) bond motifs is 1. The van der Waals surface area contributed by atoms with Crippen LogP contribution >= 0.6 is 0 Å². The van der Waals surface area contributed by atoms with Crippen molar-refractivity contribution >= 4 is 17.3 Å². The van der Waals surface area contributed by atoms with Crippen LogP contribution in [0.2, 0.25) is 0 Å². The Bertz CT molecular complexity index is 852. The van der Waals surface area contributed by atoms with Gasteiger partial charge in [-0.25, -0.2) is 0 Å². The summed E-state index contributed by atoms with van der Waals surface area (Å²) >= 11 is 0. The quantitative estimate of drug-likeness (QED) is 0.347. The average Bonchev–Trinajstić information content (AvgIpc) is 3.28. The van der Waals surface area contributed by atoms with Crippen LogP contribution in [0.5, 0.6) is 0 Å². The van der Waals surface area contributed by atoms with Crippen molar-refractivity contribution in [2.24, 2.45) is 17.1 Å². The Labute approximate surface area is 179 Å². The van der Waals surface area contributed by atoms with Gasteiger partial charge in [0.05, 0.1) is 0 Å². The highest BCUT2D eigenvalue weighted by Crippen LogP contribution is 2.38. The van der Waals surface area contributed by atoms with E-state index >= 15 is 0 Å². The normalized spacial score (nSPS) is 26.2. The second-order valence-corrected chi connectivity index (χ2v) is 8.99. The molecule has 4 rings (SSSR count). The molecule has 2 heterocycles. The van der Waals surface area contributed by atoms with Crippen molar-refractivity contribution in [3.63, 3.8) is 0 Å². The van der Waals surface area contributed by atoms with Gasteiger partial charge in [0, 0.05) is 23.7 Å². The minimum Gasteiger partial charge on any atom is -0.387 e. The topological polar surface area (TPSA) is 82.2 Å². The fourth-order valence-electron chi connectivity index (χ4n) is 5.17. The Morgan fingerprint density at radius 1 is 1.20 bits per heavy atom. The fraction of sp³-hybridized carbons (Fsp3) is 0.520. The van der Waals surface area contributed by atoms with E-state index in [-0.39, 0.29) is 17.5 Å². The first-order valence-corrected chi connectivity index (χ1v) is 11.4. The van der Waals surface area contributed by atoms with Crippen LogP contribution in [0.1, 0.15) is 44.1 Å². The molecule has 1 aromatic carbocycles. The number of benzene rings is 1. The molecule has 1 aliphatic carbocycles. The Hall–Kier alpha value is -2.40. The minimum atomic E-state index is -0.964. The number of ketones is 1. The van der Waals surface area contributed by atoms with Gasteiger partial charge in [-0.2, -0.15) is 0 Å². The van der Waals surface area contributed by atoms with Crippen LogP contribution < -0.4 is 11.1 Å². The van der Waals surface area contributed by atoms with Crippen LogP contribution in [0.3, 0.4) is 0 Å². The molecule has 160 valence electrons. The van der Waals surface area contributed by atoms with E-state index in [1.807, 2.05) is 30.4 Å². The summed E-state index contributed by atoms with van der Waals surface area (Å²) in [6.45, 7) is 4.35. The van der Waals surface area contributed by atoms with Crippen molar-refractivity contribution in [3.05, 3.63) is 53.6 Å². The maximum Gasteiger partial charge on any atom is 0.176 e. The largest absolute Gasteiger partial charge is 0.387 e. The van der Waals surface area contributed by atoms with E-state index in [0.717, 1.165) is 50.0 Å². The highest BCUT2D eigenvalue weighted by atomic mass is 16.1. The van der Waals surface area contributed by atoms with Crippen LogP contribution in [0.25, 0.3) is 0 Å². The van der Waals surface area contributed by atoms with E-state index in [2.05, 4.69) is 22.3 Å². The molecule has 4 N–H and O–H groups in total. The number of Topliss-reactive ketones (excluding diaryl/α,β-unsaturated/α-hetero) is 1. The molecule has 5 heteroatoms. The van der Waals surface area contributed by atoms with Gasteiger partial charge in [0.15, 0.2) is 5.78 Å². The summed E-state index contributed by atoms with van der Waals surface area (Å²) in [5.41, 5.74) is 8.28. The van der Waals surface area contributed by atoms with Gasteiger partial charge in [0.2, 0.25) is 0 Å². The van der Waals surface area contributed by atoms with Crippen molar-refractivity contribution in [1.82, 2.24) is 4.90 Å². The number of rotatable bonds is 8. The summed E-state index contributed by atoms with van der Waals surface area (Å²) in [5, 5.41) is 11.7. The molecule has 0 bridgehead atoms. The standard InChI is InChI=1S/C25H34N4O/c26-24(27)25(12-4-1-5-14-29-15-6-7-16-29)13-8-10-21(23(25)30)20-17-19-9-2-3-11-22(19)28-18-20/h2-3,8-11,13,20,28H,1,4-7,12,14-18H2,(H3,26,27). The number of carbonyl (C=O) groups excluding carboxylic acids is 1. The van der Waals surface area contributed by atoms with Gasteiger partial charge in [0.1, 0.15) is 11.3 Å². The summed E-state index contributed by atoms with van der Waals surface area (Å²) in [6.07, 6.45) is 13.0. The van der Waals surface area contributed by atoms with Gasteiger partial charge < -0.3 is 16.0 Å². The molecule has 0 radical (unpaired) electrons. The van der Waals surface area contributed by atoms with Crippen LogP contribution in [0.15, 0.2) is 48.1 Å². The zero-order chi connectivity index (χ0) is 21.0. The lowest BCUT2D eigenvalue weighted by Gasteiger charge is -2.35. The Kier molecular flexibility index (Phi) is 6.38. The van der Waals surface area contributed by atoms with E-state index < -0.39 is 5.41 Å². The minimum absolute atomic E-state index is 0.0157. The van der Waals surface area contributed by atoms with Gasteiger partial charge in [-0.05, 0) is 63.4 Å². The van der Waals surface area contributed by atoms with Gasteiger partial charge in [-0.1, -0.05) is 49.3 Å². The molecule has 1 fully saturated rings. The monoisotopic (exact) mass is 406 g/mol. The summed E-state index contributed by atoms with van der Waals surface area (Å²) in [4.78, 5) is 16.1. The number of carbonyl (C=O) groups is 1. The van der Waals surface area contributed by atoms with Gasteiger partial charge in [-0.3, -0.25) is 10.2 Å². The van der Waals surface area contributed by atoms with E-state index in [4.69, 9.17) is 11.1 Å². The molecule has 5 nitrogen and oxygen atoms in total. The number of nitrogens with zero attached hydrogens (tertiary/aromatic N) is 1. The number of nitrogens with one attached hydrogen (secondary N) is 2. The molecule has 0 aromatic heterocycles. The molecule has 3 aliphatic rings. The predicted molar refractivity (Wildman–Crippen MR) is 123 cm³/mol. The number of anilines is 1. The lowest BCUT2D eigenvalue weighted by atomic mass is 9.69. The van der Waals surface area contributed by atoms with Crippen molar-refractivity contribution in [3.8, 4) is 0 Å². The van der Waals surface area contributed by atoms with Gasteiger partial charge in [-0.15, -0.1) is 0 Å². The zero-order valence-electron chi connectivity index (χ0n) is 17.8. The second-order valence-electron chi connectivity index (χ2n) is 8.99. The van der Waals surface area contributed by atoms with Crippen molar-refractivity contribution in [1.29, 1.82) is 5.41 Å². The third-order valence-electron chi connectivity index (χ3n) is 7.01. The predicted octanol–water partition coefficient (Wildman–Crippen LogP) is 3.91. The molecule has 0 spiro atoms. The molecule has 2 atom stereocenters. The van der Waals surface area contributed by atoms with E-state index in [1.54, 1.807) is 0 Å². The first kappa shape index (κ1) is 20.9. The molecule has 2 aliphatic heterocycles. The van der Waals surface area contributed by atoms with Gasteiger partial charge in [0.25, 0.3) is 0 Å². The first-order valence-electron chi connectivity index (χ1n) is 11.4. The summed E-state index contributed by atoms with van der Waals surface area (Å²) in [7, 11) is 0. The molecular formula is C25H34N4O. The van der Waals surface area contributed by atoms with E-state index in [0.29, 0.717) is 6.42 Å². The maximum atomic E-state index is 13.6. The van der Waals surface area contributed by atoms with Crippen LogP contribution in [0, 0.1) is 16.7 Å². The first-order chi connectivity index (χ1) is 14.6. The number of hydrogen-bond donors (Lipinski definition) is 3. The molecule has 2 unspecified atom stereocenters. The van der Waals surface area contributed by atoms with Gasteiger partial charge >= 0.3 is 0 Å². The van der Waals surface area contributed by atoms with Crippen LogP contribution in [-0.4, -0.2) is 42.7 Å². The Morgan fingerprint density at radius 3 is 2.80 bits per heavy atom. The average molecular weight is 407 g/mol. The lowest BCUT2D eigenvalue weighted by molar-refractivity contribution is -0.120. The Morgan fingerprint density at radius 2 is 2.00 bits per heavy atom. The highest BCUT2D eigenvalue weighted by molar-refractivity contribution is 6.17. The van der Waals surface area contributed by atoms with Crippen molar-refractivity contribution in [2.75, 3.05) is 31.5 Å². The number of unbranched alkanes of at least 4 members (excludes halogenated alkanes) is 2. The number of likely N-dealkylation sites (tertiary alicyclic amines) is 1. The summed E-state index contributed by atoms with van der Waals surface area (Å²) in [5.74, 6) is 0.132. The molecule has 1 saturated heterocycles. The highest BCUT2D eigenvalue weighted by Gasteiger charge is 2.43. The van der Waals surface area contributed by atoms with Crippen LogP contribution in [-0.2, 0) is 11.2 Å². The third kappa shape index (κ3) is 4.22. The second kappa shape index (κ2) is 9.17. The number of hydrogen-bond acceptors (Lipinski definition) is 4. The molecule has 0 amide bonds. The summed E-state index contributed by atoms with van der Waals surface area (Å²) < 4.78 is 0. The fourth-order valence-corrected chi connectivity index (χ4v) is 5.17. The summed E-state index contributed by atoms with van der Waals surface area (Å²) in [6, 6.07) is 8.29. The third-order valence-corrected chi connectivity index (χ3v) is 7.01. The molecular weight excluding hydrogens is 372 g/mol. The number of para-hydroxylation sites is 1. The Balaban J connectivity index is 1.39. The molecule has 30 heavy (non-hydrogen) atoms. The molecule has 1 aromatic rings. The lowest BCUT2D eigenvalue weighted by Crippen LogP contribution is -2.46. The van der Waals surface area contributed by atoms with Crippen LogP contribution in [0.4, 0.5) is 5.69 Å². The number of allylic oxidation sites excluding steroid dienone is 2. The van der Waals surface area contributed by atoms with E-state index in [1.165, 1.54) is 31.5 Å². The maximum absolute atomic E-state index is 13.6. The van der Waals surface area contributed by atoms with Crippen molar-refractivity contribution < 1.29 is 4.79 Å². The number of nitrogens with two attached hydrogens (primary N) is 1. The zero-order valence-corrected chi connectivity index (χ0v) is 17.8. The van der Waals surface area contributed by atoms with E-state index in [9.17, 15) is 4.79 Å². The number of amidine groups is 1. The SMILES string of the molecule is N=C(N)C1(CCCCCN2CCCC2)C=CC=C(C2CNc3ccccc3C2)C1=O. The molecule has 0 saturated carbocycles. The van der Waals surface area contributed by atoms with Crippen molar-refractivity contribution in [2.45, 2.75) is 44.9 Å². The smallest absolute Gasteiger partial charge is 0.176 e.